The van der Waals surface area contributed by atoms with E-state index in [1.165, 1.54) is 11.8 Å². The average molecular weight is 294 g/mol. The third-order valence-corrected chi connectivity index (χ3v) is 2.77. The smallest absolute Gasteiger partial charge is 0.240 e. The molecule has 0 aromatic heterocycles. The van der Waals surface area contributed by atoms with E-state index < -0.39 is 0 Å². The minimum absolute atomic E-state index is 0.0208. The van der Waals surface area contributed by atoms with Crippen LogP contribution in [0.1, 0.15) is 13.8 Å². The van der Waals surface area contributed by atoms with Crippen molar-refractivity contribution in [2.45, 2.75) is 13.8 Å². The Labute approximate surface area is 125 Å². The number of anilines is 1. The highest BCUT2D eigenvalue weighted by molar-refractivity contribution is 5.97. The molecule has 1 N–H and O–H groups in total. The van der Waals surface area contributed by atoms with Crippen LogP contribution in [0.25, 0.3) is 0 Å². The Bertz CT molecular complexity index is 459. The molecule has 0 bridgehead atoms. The van der Waals surface area contributed by atoms with Gasteiger partial charge in [-0.15, -0.1) is 0 Å². The van der Waals surface area contributed by atoms with Gasteiger partial charge in [-0.1, -0.05) is 0 Å². The number of nitrogens with zero attached hydrogens (tertiary/aromatic N) is 1. The molecule has 21 heavy (non-hydrogen) atoms. The Morgan fingerprint density at radius 1 is 1.24 bits per heavy atom. The van der Waals surface area contributed by atoms with E-state index in [2.05, 4.69) is 5.32 Å². The molecule has 0 spiro atoms. The maximum Gasteiger partial charge on any atom is 0.240 e. The highest BCUT2D eigenvalue weighted by Gasteiger charge is 2.15. The van der Waals surface area contributed by atoms with Crippen LogP contribution in [-0.2, 0) is 14.3 Å². The fourth-order valence-electron chi connectivity index (χ4n) is 1.77. The van der Waals surface area contributed by atoms with Crippen LogP contribution < -0.4 is 15.0 Å². The molecule has 1 rings (SSSR count). The van der Waals surface area contributed by atoms with Crippen LogP contribution in [0.3, 0.4) is 0 Å². The van der Waals surface area contributed by atoms with E-state index in [9.17, 15) is 9.59 Å². The highest BCUT2D eigenvalue weighted by atomic mass is 16.5. The first-order chi connectivity index (χ1) is 10.1. The predicted octanol–water partition coefficient (Wildman–Crippen LogP) is 1.20. The number of methoxy groups -OCH3 is 1. The van der Waals surface area contributed by atoms with E-state index in [1.54, 1.807) is 31.4 Å². The molecule has 0 fully saturated rings. The lowest BCUT2D eigenvalue weighted by Crippen LogP contribution is -2.40. The molecule has 0 aliphatic heterocycles. The summed E-state index contributed by atoms with van der Waals surface area (Å²) in [6.45, 7) is 4.75. The molecule has 1 aromatic carbocycles. The van der Waals surface area contributed by atoms with Gasteiger partial charge in [-0.2, -0.15) is 0 Å². The molecule has 1 aromatic rings. The van der Waals surface area contributed by atoms with E-state index in [-0.39, 0.29) is 18.4 Å². The summed E-state index contributed by atoms with van der Waals surface area (Å²) >= 11 is 0. The standard InChI is InChI=1S/C15H22N2O4/c1-4-21-14-7-5-13(6-8-14)17(12(2)18)11-15(19)16-9-10-20-3/h5-8H,4,9-11H2,1-3H3,(H,16,19). The number of carbonyl (C=O) groups is 2. The fourth-order valence-corrected chi connectivity index (χ4v) is 1.77. The van der Waals surface area contributed by atoms with Crippen molar-refractivity contribution in [2.24, 2.45) is 0 Å². The predicted molar refractivity (Wildman–Crippen MR) is 80.5 cm³/mol. The number of amides is 2. The molecule has 0 radical (unpaired) electrons. The quantitative estimate of drug-likeness (QED) is 0.732. The average Bonchev–Trinajstić information content (AvgIpc) is 2.46. The maximum atomic E-state index is 11.8. The molecule has 0 heterocycles. The highest BCUT2D eigenvalue weighted by Crippen LogP contribution is 2.19. The van der Waals surface area contributed by atoms with Gasteiger partial charge in [0.1, 0.15) is 12.3 Å². The van der Waals surface area contributed by atoms with Crippen molar-refractivity contribution in [3.63, 3.8) is 0 Å². The second kappa shape index (κ2) is 8.97. The van der Waals surface area contributed by atoms with Gasteiger partial charge in [0, 0.05) is 26.3 Å². The topological polar surface area (TPSA) is 67.9 Å². The molecule has 6 nitrogen and oxygen atoms in total. The molecule has 0 atom stereocenters. The van der Waals surface area contributed by atoms with E-state index in [0.717, 1.165) is 5.75 Å². The van der Waals surface area contributed by atoms with Gasteiger partial charge in [0.05, 0.1) is 13.2 Å². The van der Waals surface area contributed by atoms with Gasteiger partial charge in [0.2, 0.25) is 11.8 Å². The van der Waals surface area contributed by atoms with Crippen molar-refractivity contribution >= 4 is 17.5 Å². The van der Waals surface area contributed by atoms with Crippen molar-refractivity contribution in [3.8, 4) is 5.75 Å². The SMILES string of the molecule is CCOc1ccc(N(CC(=O)NCCOC)C(C)=O)cc1. The lowest BCUT2D eigenvalue weighted by Gasteiger charge is -2.21. The van der Waals surface area contributed by atoms with Gasteiger partial charge in [-0.25, -0.2) is 0 Å². The Morgan fingerprint density at radius 3 is 2.43 bits per heavy atom. The lowest BCUT2D eigenvalue weighted by molar-refractivity contribution is -0.123. The maximum absolute atomic E-state index is 11.8. The van der Waals surface area contributed by atoms with Crippen molar-refractivity contribution in [2.75, 3.05) is 38.3 Å². The van der Waals surface area contributed by atoms with Crippen LogP contribution in [0.4, 0.5) is 5.69 Å². The monoisotopic (exact) mass is 294 g/mol. The first kappa shape index (κ1) is 17.0. The van der Waals surface area contributed by atoms with Crippen LogP contribution in [0.15, 0.2) is 24.3 Å². The molecule has 0 aliphatic rings. The summed E-state index contributed by atoms with van der Waals surface area (Å²) in [7, 11) is 1.56. The van der Waals surface area contributed by atoms with Gasteiger partial charge in [-0.3, -0.25) is 9.59 Å². The molecule has 0 saturated heterocycles. The minimum atomic E-state index is -0.226. The summed E-state index contributed by atoms with van der Waals surface area (Å²) in [5.74, 6) is 0.312. The minimum Gasteiger partial charge on any atom is -0.494 e. The largest absolute Gasteiger partial charge is 0.494 e. The van der Waals surface area contributed by atoms with Crippen molar-refractivity contribution < 1.29 is 19.1 Å². The van der Waals surface area contributed by atoms with Crippen LogP contribution in [-0.4, -0.2) is 45.2 Å². The van der Waals surface area contributed by atoms with Crippen LogP contribution in [0.2, 0.25) is 0 Å². The van der Waals surface area contributed by atoms with Gasteiger partial charge in [0.25, 0.3) is 0 Å². The van der Waals surface area contributed by atoms with Gasteiger partial charge in [-0.05, 0) is 31.2 Å². The first-order valence-corrected chi connectivity index (χ1v) is 6.85. The van der Waals surface area contributed by atoms with Crippen molar-refractivity contribution in [1.82, 2.24) is 5.32 Å². The summed E-state index contributed by atoms with van der Waals surface area (Å²) in [5.41, 5.74) is 0.660. The van der Waals surface area contributed by atoms with Gasteiger partial charge in [0.15, 0.2) is 0 Å². The molecule has 116 valence electrons. The number of benzene rings is 1. The third-order valence-electron chi connectivity index (χ3n) is 2.77. The third kappa shape index (κ3) is 5.83. The van der Waals surface area contributed by atoms with Crippen molar-refractivity contribution in [1.29, 1.82) is 0 Å². The van der Waals surface area contributed by atoms with Gasteiger partial charge >= 0.3 is 0 Å². The molecule has 0 aliphatic carbocycles. The Hall–Kier alpha value is -2.08. The second-order valence-electron chi connectivity index (χ2n) is 4.37. The van der Waals surface area contributed by atoms with E-state index in [0.29, 0.717) is 25.4 Å². The number of carbonyl (C=O) groups excluding carboxylic acids is 2. The Morgan fingerprint density at radius 2 is 1.90 bits per heavy atom. The summed E-state index contributed by atoms with van der Waals surface area (Å²) in [6.07, 6.45) is 0. The van der Waals surface area contributed by atoms with E-state index in [1.807, 2.05) is 6.92 Å². The fraction of sp³-hybridized carbons (Fsp3) is 0.467. The van der Waals surface area contributed by atoms with Gasteiger partial charge < -0.3 is 19.7 Å². The summed E-state index contributed by atoms with van der Waals surface area (Å²) < 4.78 is 10.2. The number of hydrogen-bond donors (Lipinski definition) is 1. The molecule has 0 saturated carbocycles. The van der Waals surface area contributed by atoms with Crippen LogP contribution >= 0.6 is 0 Å². The molecular weight excluding hydrogens is 272 g/mol. The number of ether oxygens (including phenoxy) is 2. The van der Waals surface area contributed by atoms with Crippen molar-refractivity contribution in [3.05, 3.63) is 24.3 Å². The number of nitrogens with one attached hydrogen (secondary N) is 1. The second-order valence-corrected chi connectivity index (χ2v) is 4.37. The van der Waals surface area contributed by atoms with Crippen LogP contribution in [0.5, 0.6) is 5.75 Å². The summed E-state index contributed by atoms with van der Waals surface area (Å²) in [5, 5.41) is 2.69. The van der Waals surface area contributed by atoms with E-state index >= 15 is 0 Å². The van der Waals surface area contributed by atoms with Crippen LogP contribution in [0, 0.1) is 0 Å². The normalized spacial score (nSPS) is 10.0. The molecule has 6 heteroatoms. The first-order valence-electron chi connectivity index (χ1n) is 6.85. The van der Waals surface area contributed by atoms with E-state index in [4.69, 9.17) is 9.47 Å². The number of rotatable bonds is 8. The zero-order chi connectivity index (χ0) is 15.7. The zero-order valence-corrected chi connectivity index (χ0v) is 12.7. The number of hydrogen-bond acceptors (Lipinski definition) is 4. The summed E-state index contributed by atoms with van der Waals surface area (Å²) in [6, 6.07) is 7.07. The zero-order valence-electron chi connectivity index (χ0n) is 12.7. The Kier molecular flexibility index (Phi) is 7.25. The molecule has 0 unspecified atom stereocenters. The molecular formula is C15H22N2O4. The lowest BCUT2D eigenvalue weighted by atomic mass is 10.2. The Balaban J connectivity index is 2.68. The molecule has 2 amide bonds. The summed E-state index contributed by atoms with van der Waals surface area (Å²) in [4.78, 5) is 24.9.